The molecule has 4 rings (SSSR count). The molecule has 6 nitrogen and oxygen atoms in total. The van der Waals surface area contributed by atoms with Gasteiger partial charge in [-0.05, 0) is 42.5 Å². The zero-order valence-electron chi connectivity index (χ0n) is 13.2. The second kappa shape index (κ2) is 5.94. The fourth-order valence-corrected chi connectivity index (χ4v) is 3.42. The van der Waals surface area contributed by atoms with Gasteiger partial charge in [0.25, 0.3) is 0 Å². The van der Waals surface area contributed by atoms with Gasteiger partial charge in [0.15, 0.2) is 5.82 Å². The molecule has 1 saturated carbocycles. The first-order chi connectivity index (χ1) is 11.3. The Balaban J connectivity index is 1.30. The van der Waals surface area contributed by atoms with Gasteiger partial charge in [0.2, 0.25) is 5.89 Å². The van der Waals surface area contributed by atoms with Crippen LogP contribution in [-0.4, -0.2) is 30.3 Å². The second-order valence-electron chi connectivity index (χ2n) is 6.44. The van der Waals surface area contributed by atoms with Crippen molar-refractivity contribution in [3.8, 4) is 5.75 Å². The van der Waals surface area contributed by atoms with Gasteiger partial charge in [0, 0.05) is 12.5 Å². The Bertz CT molecular complexity index is 679. The molecule has 1 aliphatic heterocycles. The molecule has 1 aliphatic carbocycles. The summed E-state index contributed by atoms with van der Waals surface area (Å²) in [6.07, 6.45) is 2.37. The first kappa shape index (κ1) is 14.7. The highest BCUT2D eigenvalue weighted by molar-refractivity contribution is 5.27. The van der Waals surface area contributed by atoms with Crippen molar-refractivity contribution in [2.24, 2.45) is 5.41 Å². The molecular weight excluding hydrogens is 294 g/mol. The van der Waals surface area contributed by atoms with Gasteiger partial charge in [-0.25, -0.2) is 0 Å². The Hall–Kier alpha value is -1.92. The predicted molar refractivity (Wildman–Crippen MR) is 83.1 cm³/mol. The predicted octanol–water partition coefficient (Wildman–Crippen LogP) is 2.26. The normalized spacial score (nSPS) is 25.9. The number of nitrogens with one attached hydrogen (secondary N) is 1. The van der Waals surface area contributed by atoms with Crippen LogP contribution < -0.4 is 10.1 Å². The van der Waals surface area contributed by atoms with E-state index in [9.17, 15) is 0 Å². The van der Waals surface area contributed by atoms with E-state index in [2.05, 4.69) is 15.5 Å². The second-order valence-corrected chi connectivity index (χ2v) is 6.44. The van der Waals surface area contributed by atoms with Crippen molar-refractivity contribution in [3.63, 3.8) is 0 Å². The van der Waals surface area contributed by atoms with Gasteiger partial charge in [-0.2, -0.15) is 4.98 Å². The maximum atomic E-state index is 5.68. The minimum absolute atomic E-state index is 0.360. The molecule has 1 aromatic heterocycles. The van der Waals surface area contributed by atoms with Crippen LogP contribution in [0, 0.1) is 5.41 Å². The number of hydrogen-bond donors (Lipinski definition) is 1. The molecule has 1 spiro atoms. The largest absolute Gasteiger partial charge is 0.497 e. The molecule has 2 atom stereocenters. The van der Waals surface area contributed by atoms with Gasteiger partial charge >= 0.3 is 0 Å². The maximum Gasteiger partial charge on any atom is 0.230 e. The summed E-state index contributed by atoms with van der Waals surface area (Å²) in [4.78, 5) is 4.50. The average molecular weight is 315 g/mol. The first-order valence-electron chi connectivity index (χ1n) is 8.03. The smallest absolute Gasteiger partial charge is 0.230 e. The summed E-state index contributed by atoms with van der Waals surface area (Å²) in [6.45, 7) is 3.03. The van der Waals surface area contributed by atoms with Crippen LogP contribution in [0.5, 0.6) is 5.75 Å². The van der Waals surface area contributed by atoms with E-state index in [1.165, 1.54) is 6.42 Å². The molecule has 2 heterocycles. The van der Waals surface area contributed by atoms with Gasteiger partial charge < -0.3 is 19.3 Å². The standard InChI is InChI=1S/C17H21N3O3/c1-21-13-4-2-3-12(7-13)9-22-10-15-19-16(23-20-15)14-8-17(14)5-6-18-11-17/h2-4,7,14,18H,5-6,8-11H2,1H3. The van der Waals surface area contributed by atoms with E-state index < -0.39 is 0 Å². The van der Waals surface area contributed by atoms with E-state index in [1.807, 2.05) is 24.3 Å². The number of rotatable bonds is 6. The summed E-state index contributed by atoms with van der Waals surface area (Å²) >= 11 is 0. The Morgan fingerprint density at radius 3 is 3.17 bits per heavy atom. The number of hydrogen-bond acceptors (Lipinski definition) is 6. The topological polar surface area (TPSA) is 69.4 Å². The van der Waals surface area contributed by atoms with Crippen LogP contribution in [0.1, 0.15) is 36.0 Å². The van der Waals surface area contributed by atoms with Crippen molar-refractivity contribution in [3.05, 3.63) is 41.5 Å². The monoisotopic (exact) mass is 315 g/mol. The quantitative estimate of drug-likeness (QED) is 0.882. The molecule has 23 heavy (non-hydrogen) atoms. The average Bonchev–Trinajstić information content (AvgIpc) is 2.92. The van der Waals surface area contributed by atoms with Gasteiger partial charge in [0.05, 0.1) is 13.7 Å². The van der Waals surface area contributed by atoms with E-state index in [0.29, 0.717) is 30.4 Å². The van der Waals surface area contributed by atoms with Gasteiger partial charge in [-0.3, -0.25) is 0 Å². The van der Waals surface area contributed by atoms with Crippen molar-refractivity contribution >= 4 is 0 Å². The van der Waals surface area contributed by atoms with Crippen LogP contribution in [0.25, 0.3) is 0 Å². The third kappa shape index (κ3) is 2.96. The van der Waals surface area contributed by atoms with E-state index in [1.54, 1.807) is 7.11 Å². The van der Waals surface area contributed by atoms with E-state index in [-0.39, 0.29) is 0 Å². The Kier molecular flexibility index (Phi) is 3.79. The lowest BCUT2D eigenvalue weighted by Crippen LogP contribution is -2.10. The summed E-state index contributed by atoms with van der Waals surface area (Å²) in [7, 11) is 1.66. The van der Waals surface area contributed by atoms with Crippen LogP contribution in [-0.2, 0) is 18.0 Å². The van der Waals surface area contributed by atoms with Crippen molar-refractivity contribution in [2.45, 2.75) is 32.0 Å². The number of benzene rings is 1. The van der Waals surface area contributed by atoms with Crippen LogP contribution in [0.15, 0.2) is 28.8 Å². The van der Waals surface area contributed by atoms with Crippen LogP contribution in [0.3, 0.4) is 0 Å². The number of aromatic nitrogens is 2. The number of ether oxygens (including phenoxy) is 2. The highest BCUT2D eigenvalue weighted by Gasteiger charge is 2.58. The summed E-state index contributed by atoms with van der Waals surface area (Å²) in [5, 5.41) is 7.46. The molecule has 1 aromatic carbocycles. The maximum absolute atomic E-state index is 5.68. The summed E-state index contributed by atoms with van der Waals surface area (Å²) in [5.74, 6) is 2.65. The zero-order chi connectivity index (χ0) is 15.7. The molecule has 2 aliphatic rings. The molecule has 2 aromatic rings. The molecule has 2 unspecified atom stereocenters. The molecule has 6 heteroatoms. The summed E-state index contributed by atoms with van der Waals surface area (Å²) in [5.41, 5.74) is 1.44. The van der Waals surface area contributed by atoms with Crippen LogP contribution in [0.4, 0.5) is 0 Å². The fraction of sp³-hybridized carbons (Fsp3) is 0.529. The third-order valence-corrected chi connectivity index (χ3v) is 4.88. The lowest BCUT2D eigenvalue weighted by Gasteiger charge is -2.04. The highest BCUT2D eigenvalue weighted by Crippen LogP contribution is 2.62. The Morgan fingerprint density at radius 1 is 1.39 bits per heavy atom. The van der Waals surface area contributed by atoms with E-state index in [4.69, 9.17) is 14.0 Å². The first-order valence-corrected chi connectivity index (χ1v) is 8.03. The van der Waals surface area contributed by atoms with Crippen molar-refractivity contribution in [1.29, 1.82) is 0 Å². The fourth-order valence-electron chi connectivity index (χ4n) is 3.42. The lowest BCUT2D eigenvalue weighted by atomic mass is 10.0. The van der Waals surface area contributed by atoms with Crippen molar-refractivity contribution in [1.82, 2.24) is 15.5 Å². The van der Waals surface area contributed by atoms with Gasteiger partial charge in [-0.1, -0.05) is 17.3 Å². The SMILES string of the molecule is COc1cccc(COCc2noc(C3CC34CCNC4)n2)c1. The molecule has 1 N–H and O–H groups in total. The third-order valence-electron chi connectivity index (χ3n) is 4.88. The molecule has 0 bridgehead atoms. The Labute approximate surface area is 135 Å². The zero-order valence-corrected chi connectivity index (χ0v) is 13.2. The number of nitrogens with zero attached hydrogens (tertiary/aromatic N) is 2. The molecule has 2 fully saturated rings. The van der Waals surface area contributed by atoms with Gasteiger partial charge in [-0.15, -0.1) is 0 Å². The number of methoxy groups -OCH3 is 1. The summed E-state index contributed by atoms with van der Waals surface area (Å²) in [6, 6.07) is 7.83. The lowest BCUT2D eigenvalue weighted by molar-refractivity contribution is 0.0998. The van der Waals surface area contributed by atoms with E-state index >= 15 is 0 Å². The van der Waals surface area contributed by atoms with E-state index in [0.717, 1.165) is 36.7 Å². The summed E-state index contributed by atoms with van der Waals surface area (Å²) < 4.78 is 16.3. The Morgan fingerprint density at radius 2 is 2.35 bits per heavy atom. The van der Waals surface area contributed by atoms with Crippen molar-refractivity contribution < 1.29 is 14.0 Å². The van der Waals surface area contributed by atoms with Crippen molar-refractivity contribution in [2.75, 3.05) is 20.2 Å². The molecule has 1 saturated heterocycles. The molecule has 122 valence electrons. The highest BCUT2D eigenvalue weighted by atomic mass is 16.5. The van der Waals surface area contributed by atoms with Gasteiger partial charge in [0.1, 0.15) is 12.4 Å². The van der Waals surface area contributed by atoms with Crippen LogP contribution >= 0.6 is 0 Å². The molecule has 0 amide bonds. The minimum Gasteiger partial charge on any atom is -0.497 e. The van der Waals surface area contributed by atoms with Crippen LogP contribution in [0.2, 0.25) is 0 Å². The minimum atomic E-state index is 0.360. The molecular formula is C17H21N3O3. The molecule has 0 radical (unpaired) electrons.